The Hall–Kier alpha value is -4.14. The second-order valence-corrected chi connectivity index (χ2v) is 8.99. The number of H-pyrrole nitrogens is 1. The molecule has 9 heteroatoms. The van der Waals surface area contributed by atoms with Crippen LogP contribution in [0.2, 0.25) is 0 Å². The number of likely N-dealkylation sites (tertiary alicyclic amines) is 1. The molecule has 2 aromatic carbocycles. The zero-order valence-corrected chi connectivity index (χ0v) is 20.6. The van der Waals surface area contributed by atoms with Gasteiger partial charge in [-0.1, -0.05) is 42.5 Å². The van der Waals surface area contributed by atoms with Crippen LogP contribution in [0.4, 0.5) is 0 Å². The van der Waals surface area contributed by atoms with Crippen molar-refractivity contribution in [3.63, 3.8) is 0 Å². The third-order valence-electron chi connectivity index (χ3n) is 6.76. The minimum Gasteiger partial charge on any atom is -0.497 e. The number of hydrogen-bond acceptors (Lipinski definition) is 5. The van der Waals surface area contributed by atoms with Crippen molar-refractivity contribution in [3.05, 3.63) is 88.2 Å². The molecule has 186 valence electrons. The Kier molecular flexibility index (Phi) is 6.71. The van der Waals surface area contributed by atoms with Gasteiger partial charge in [-0.25, -0.2) is 9.48 Å². The van der Waals surface area contributed by atoms with Gasteiger partial charge in [-0.3, -0.25) is 14.5 Å². The first-order valence-electron chi connectivity index (χ1n) is 12.3. The summed E-state index contributed by atoms with van der Waals surface area (Å²) in [5.74, 6) is 1.61. The van der Waals surface area contributed by atoms with Gasteiger partial charge in [0.2, 0.25) is 0 Å². The normalized spacial score (nSPS) is 14.2. The number of nitrogens with one attached hydrogen (secondary N) is 1. The number of amides is 1. The van der Waals surface area contributed by atoms with E-state index in [-0.39, 0.29) is 17.5 Å². The second-order valence-electron chi connectivity index (χ2n) is 8.99. The van der Waals surface area contributed by atoms with Crippen LogP contribution in [0, 0.1) is 0 Å². The number of piperidine rings is 1. The average molecular weight is 487 g/mol. The number of methoxy groups -OCH3 is 1. The van der Waals surface area contributed by atoms with Gasteiger partial charge in [0, 0.05) is 31.1 Å². The van der Waals surface area contributed by atoms with E-state index >= 15 is 0 Å². The van der Waals surface area contributed by atoms with Crippen LogP contribution in [0.3, 0.4) is 0 Å². The lowest BCUT2D eigenvalue weighted by Gasteiger charge is -2.31. The maximum Gasteiger partial charge on any atom is 0.346 e. The lowest BCUT2D eigenvalue weighted by molar-refractivity contribution is 0.0704. The molecule has 1 fully saturated rings. The Morgan fingerprint density at radius 3 is 2.58 bits per heavy atom. The smallest absolute Gasteiger partial charge is 0.346 e. The van der Waals surface area contributed by atoms with Crippen LogP contribution < -0.4 is 10.4 Å². The standard InChI is InChI=1S/C27H30N6O3/c1-3-32-25(30-33(27(32)35)18-19-8-5-4-6-9-19)20-12-14-31(15-13-20)26(34)24-17-23(28-29-24)21-10-7-11-22(16-21)36-2/h4-11,16-17,20H,3,12-15,18H2,1-2H3,(H,28,29). The summed E-state index contributed by atoms with van der Waals surface area (Å²) in [4.78, 5) is 28.0. The monoisotopic (exact) mass is 486 g/mol. The Labute approximate surface area is 209 Å². The van der Waals surface area contributed by atoms with E-state index in [1.165, 1.54) is 0 Å². The van der Waals surface area contributed by atoms with Crippen molar-refractivity contribution in [1.82, 2.24) is 29.4 Å². The molecule has 5 rings (SSSR count). The number of hydrogen-bond donors (Lipinski definition) is 1. The molecule has 3 heterocycles. The number of carbonyl (C=O) groups excluding carboxylic acids is 1. The molecule has 0 unspecified atom stereocenters. The zero-order chi connectivity index (χ0) is 25.1. The molecule has 0 aliphatic carbocycles. The van der Waals surface area contributed by atoms with Gasteiger partial charge in [-0.05, 0) is 43.5 Å². The molecule has 0 atom stereocenters. The van der Waals surface area contributed by atoms with Gasteiger partial charge in [0.1, 0.15) is 17.3 Å². The van der Waals surface area contributed by atoms with E-state index in [9.17, 15) is 9.59 Å². The summed E-state index contributed by atoms with van der Waals surface area (Å²) in [7, 11) is 1.62. The molecule has 4 aromatic rings. The fourth-order valence-electron chi connectivity index (χ4n) is 4.79. The first-order valence-corrected chi connectivity index (χ1v) is 12.3. The second kappa shape index (κ2) is 10.2. The van der Waals surface area contributed by atoms with E-state index in [2.05, 4.69) is 10.2 Å². The summed E-state index contributed by atoms with van der Waals surface area (Å²) in [5.41, 5.74) is 3.00. The number of aromatic nitrogens is 5. The summed E-state index contributed by atoms with van der Waals surface area (Å²) < 4.78 is 8.60. The van der Waals surface area contributed by atoms with Gasteiger partial charge >= 0.3 is 5.69 Å². The van der Waals surface area contributed by atoms with Crippen molar-refractivity contribution >= 4 is 5.91 Å². The maximum absolute atomic E-state index is 13.2. The topological polar surface area (TPSA) is 98.0 Å². The molecule has 0 spiro atoms. The molecule has 2 aromatic heterocycles. The van der Waals surface area contributed by atoms with E-state index in [0.717, 1.165) is 35.5 Å². The highest BCUT2D eigenvalue weighted by molar-refractivity contribution is 5.93. The van der Waals surface area contributed by atoms with E-state index in [1.54, 1.807) is 22.4 Å². The molecule has 0 radical (unpaired) electrons. The maximum atomic E-state index is 13.2. The Morgan fingerprint density at radius 2 is 1.86 bits per heavy atom. The van der Waals surface area contributed by atoms with Gasteiger partial charge in [-0.2, -0.15) is 10.2 Å². The number of nitrogens with zero attached hydrogens (tertiary/aromatic N) is 5. The summed E-state index contributed by atoms with van der Waals surface area (Å²) in [6.45, 7) is 4.19. The number of rotatable bonds is 7. The van der Waals surface area contributed by atoms with Gasteiger partial charge in [0.15, 0.2) is 0 Å². The van der Waals surface area contributed by atoms with E-state index < -0.39 is 0 Å². The molecule has 1 aliphatic heterocycles. The first-order chi connectivity index (χ1) is 17.6. The minimum atomic E-state index is -0.0857. The number of ether oxygens (including phenoxy) is 1. The van der Waals surface area contributed by atoms with Crippen LogP contribution in [0.1, 0.15) is 47.6 Å². The largest absolute Gasteiger partial charge is 0.497 e. The molecule has 36 heavy (non-hydrogen) atoms. The fourth-order valence-corrected chi connectivity index (χ4v) is 4.79. The van der Waals surface area contributed by atoms with Crippen LogP contribution in [-0.4, -0.2) is 55.6 Å². The molecule has 1 amide bonds. The molecule has 1 aliphatic rings. The highest BCUT2D eigenvalue weighted by atomic mass is 16.5. The summed E-state index contributed by atoms with van der Waals surface area (Å²) in [6, 6.07) is 19.2. The van der Waals surface area contributed by atoms with Gasteiger partial charge in [0.05, 0.1) is 19.3 Å². The quantitative estimate of drug-likeness (QED) is 0.431. The highest BCUT2D eigenvalue weighted by Gasteiger charge is 2.29. The Bertz CT molecular complexity index is 1400. The van der Waals surface area contributed by atoms with E-state index in [4.69, 9.17) is 9.84 Å². The number of carbonyl (C=O) groups is 1. The van der Waals surface area contributed by atoms with Gasteiger partial charge in [0.25, 0.3) is 5.91 Å². The minimum absolute atomic E-state index is 0.0717. The SMILES string of the molecule is CCn1c(C2CCN(C(=O)c3cc(-c4cccc(OC)c4)n[nH]3)CC2)nn(Cc2ccccc2)c1=O. The summed E-state index contributed by atoms with van der Waals surface area (Å²) in [6.07, 6.45) is 1.51. The molecule has 9 nitrogen and oxygen atoms in total. The van der Waals surface area contributed by atoms with Gasteiger partial charge in [-0.15, -0.1) is 0 Å². The molecule has 0 saturated carbocycles. The van der Waals surface area contributed by atoms with Crippen molar-refractivity contribution in [3.8, 4) is 17.0 Å². The third kappa shape index (κ3) is 4.68. The van der Waals surface area contributed by atoms with Crippen molar-refractivity contribution in [2.45, 2.75) is 38.8 Å². The number of benzene rings is 2. The molecule has 1 saturated heterocycles. The highest BCUT2D eigenvalue weighted by Crippen LogP contribution is 2.28. The predicted octanol–water partition coefficient (Wildman–Crippen LogP) is 3.53. The van der Waals surface area contributed by atoms with Crippen LogP contribution in [-0.2, 0) is 13.1 Å². The Morgan fingerprint density at radius 1 is 1.08 bits per heavy atom. The summed E-state index contributed by atoms with van der Waals surface area (Å²) >= 11 is 0. The van der Waals surface area contributed by atoms with E-state index in [0.29, 0.717) is 37.6 Å². The zero-order valence-electron chi connectivity index (χ0n) is 20.6. The van der Waals surface area contributed by atoms with E-state index in [1.807, 2.05) is 66.4 Å². The summed E-state index contributed by atoms with van der Waals surface area (Å²) in [5, 5.41) is 11.9. The molecule has 1 N–H and O–H groups in total. The first kappa shape index (κ1) is 23.6. The molecular weight excluding hydrogens is 456 g/mol. The third-order valence-corrected chi connectivity index (χ3v) is 6.76. The fraction of sp³-hybridized carbons (Fsp3) is 0.333. The predicted molar refractivity (Wildman–Crippen MR) is 136 cm³/mol. The van der Waals surface area contributed by atoms with Crippen molar-refractivity contribution in [2.24, 2.45) is 0 Å². The lowest BCUT2D eigenvalue weighted by Crippen LogP contribution is -2.38. The van der Waals surface area contributed by atoms with Crippen LogP contribution >= 0.6 is 0 Å². The van der Waals surface area contributed by atoms with Crippen LogP contribution in [0.15, 0.2) is 65.5 Å². The van der Waals surface area contributed by atoms with Crippen molar-refractivity contribution < 1.29 is 9.53 Å². The van der Waals surface area contributed by atoms with Crippen molar-refractivity contribution in [1.29, 1.82) is 0 Å². The lowest BCUT2D eigenvalue weighted by atomic mass is 9.95. The average Bonchev–Trinajstić information content (AvgIpc) is 3.54. The van der Waals surface area contributed by atoms with Crippen LogP contribution in [0.5, 0.6) is 5.75 Å². The van der Waals surface area contributed by atoms with Crippen LogP contribution in [0.25, 0.3) is 11.3 Å². The molecular formula is C27H30N6O3. The van der Waals surface area contributed by atoms with Gasteiger partial charge < -0.3 is 9.64 Å². The Balaban J connectivity index is 1.26. The van der Waals surface area contributed by atoms with Crippen molar-refractivity contribution in [2.75, 3.05) is 20.2 Å². The molecule has 0 bridgehead atoms. The number of aromatic amines is 1.